The van der Waals surface area contributed by atoms with Crippen LogP contribution in [0, 0.1) is 0 Å². The lowest BCUT2D eigenvalue weighted by atomic mass is 10.0. The zero-order chi connectivity index (χ0) is 23.5. The second kappa shape index (κ2) is 9.41. The third kappa shape index (κ3) is 5.09. The van der Waals surface area contributed by atoms with Crippen LogP contribution in [0.1, 0.15) is 5.56 Å². The number of pyridine rings is 1. The van der Waals surface area contributed by atoms with E-state index in [1.165, 1.54) is 49.5 Å². The number of likely N-dealkylation sites (N-methyl/N-ethyl adjacent to an activating group) is 1. The molecule has 0 aliphatic carbocycles. The van der Waals surface area contributed by atoms with E-state index in [4.69, 9.17) is 9.47 Å². The van der Waals surface area contributed by atoms with Crippen LogP contribution in [0.2, 0.25) is 0 Å². The molecule has 0 unspecified atom stereocenters. The van der Waals surface area contributed by atoms with Crippen molar-refractivity contribution in [1.82, 2.24) is 9.88 Å². The molecule has 0 aliphatic heterocycles. The molecule has 2 aromatic carbocycles. The first-order valence-corrected chi connectivity index (χ1v) is 9.55. The zero-order valence-electron chi connectivity index (χ0n) is 17.6. The predicted octanol–water partition coefficient (Wildman–Crippen LogP) is 4.30. The van der Waals surface area contributed by atoms with Gasteiger partial charge in [-0.2, -0.15) is 13.2 Å². The van der Waals surface area contributed by atoms with Crippen molar-refractivity contribution in [1.29, 1.82) is 0 Å². The summed E-state index contributed by atoms with van der Waals surface area (Å²) in [5.74, 6) is 0. The van der Waals surface area contributed by atoms with E-state index in [1.807, 2.05) is 0 Å². The van der Waals surface area contributed by atoms with Gasteiger partial charge in [-0.25, -0.2) is 4.79 Å². The van der Waals surface area contributed by atoms with Crippen molar-refractivity contribution in [2.75, 3.05) is 33.1 Å². The highest BCUT2D eigenvalue weighted by molar-refractivity contribution is 5.94. The number of carbonyl (C=O) groups is 1. The maximum Gasteiger partial charge on any atom is 0.417 e. The van der Waals surface area contributed by atoms with Crippen molar-refractivity contribution in [3.63, 3.8) is 0 Å². The minimum atomic E-state index is -4.56. The van der Waals surface area contributed by atoms with Gasteiger partial charge in [0.2, 0.25) is 0 Å². The molecule has 170 valence electrons. The normalized spacial score (nSPS) is 11.7. The van der Waals surface area contributed by atoms with Gasteiger partial charge in [0.15, 0.2) is 6.29 Å². The monoisotopic (exact) mass is 449 g/mol. The summed E-state index contributed by atoms with van der Waals surface area (Å²) >= 11 is 0. The third-order valence-electron chi connectivity index (χ3n) is 4.92. The first-order valence-electron chi connectivity index (χ1n) is 9.55. The second-order valence-corrected chi connectivity index (χ2v) is 7.07. The quantitative estimate of drug-likeness (QED) is 0.550. The Balaban J connectivity index is 1.90. The van der Waals surface area contributed by atoms with E-state index in [9.17, 15) is 22.8 Å². The van der Waals surface area contributed by atoms with Gasteiger partial charge in [-0.1, -0.05) is 24.3 Å². The molecule has 10 heteroatoms. The van der Waals surface area contributed by atoms with Gasteiger partial charge in [0.05, 0.1) is 12.1 Å². The summed E-state index contributed by atoms with van der Waals surface area (Å²) in [6, 6.07) is 10.6. The number of H-pyrrole nitrogens is 1. The van der Waals surface area contributed by atoms with Crippen LogP contribution in [-0.4, -0.2) is 50.0 Å². The van der Waals surface area contributed by atoms with E-state index >= 15 is 0 Å². The number of fused-ring (bicyclic) bond motifs is 1. The Morgan fingerprint density at radius 1 is 1.12 bits per heavy atom. The molecule has 7 nitrogen and oxygen atoms in total. The molecule has 0 radical (unpaired) electrons. The molecule has 2 amide bonds. The fourth-order valence-corrected chi connectivity index (χ4v) is 3.22. The minimum Gasteiger partial charge on any atom is -0.354 e. The van der Waals surface area contributed by atoms with E-state index in [1.54, 1.807) is 19.2 Å². The molecule has 2 N–H and O–H groups in total. The largest absolute Gasteiger partial charge is 0.417 e. The molecular weight excluding hydrogens is 427 g/mol. The maximum absolute atomic E-state index is 13.4. The van der Waals surface area contributed by atoms with Gasteiger partial charge in [0.1, 0.15) is 0 Å². The molecule has 0 aliphatic rings. The Morgan fingerprint density at radius 2 is 1.81 bits per heavy atom. The highest BCUT2D eigenvalue weighted by Gasteiger charge is 2.33. The molecule has 1 heterocycles. The lowest BCUT2D eigenvalue weighted by Gasteiger charge is -2.22. The molecule has 0 bridgehead atoms. The molecule has 32 heavy (non-hydrogen) atoms. The first kappa shape index (κ1) is 23.3. The summed E-state index contributed by atoms with van der Waals surface area (Å²) < 4.78 is 50.2. The molecule has 1 aromatic heterocycles. The lowest BCUT2D eigenvalue weighted by molar-refractivity contribution is -0.137. The van der Waals surface area contributed by atoms with Crippen LogP contribution < -0.4 is 10.9 Å². The first-order chi connectivity index (χ1) is 15.1. The van der Waals surface area contributed by atoms with E-state index in [0.717, 1.165) is 6.07 Å². The Kier molecular flexibility index (Phi) is 6.85. The van der Waals surface area contributed by atoms with Gasteiger partial charge in [-0.15, -0.1) is 0 Å². The van der Waals surface area contributed by atoms with Crippen molar-refractivity contribution in [2.24, 2.45) is 0 Å². The van der Waals surface area contributed by atoms with Gasteiger partial charge in [-0.05, 0) is 29.7 Å². The van der Waals surface area contributed by atoms with Gasteiger partial charge in [0, 0.05) is 43.6 Å². The van der Waals surface area contributed by atoms with Crippen molar-refractivity contribution in [3.05, 3.63) is 64.4 Å². The van der Waals surface area contributed by atoms with Crippen molar-refractivity contribution in [2.45, 2.75) is 12.5 Å². The standard InChI is InChI=1S/C22H22F3N3O4/c1-28(12-19(31-2)32-3)21(30)26-14-9-8-13-10-18(27-20(29)16(13)11-14)15-6-4-5-7-17(15)22(23,24)25/h4-11,19H,12H2,1-3H3,(H,26,30)(H,27,29). The number of hydrogen-bond donors (Lipinski definition) is 2. The molecule has 3 aromatic rings. The SMILES string of the molecule is COC(CN(C)C(=O)Nc1ccc2cc(-c3ccccc3C(F)(F)F)[nH]c(=O)c2c1)OC. The van der Waals surface area contributed by atoms with E-state index in [-0.39, 0.29) is 23.2 Å². The number of nitrogens with one attached hydrogen (secondary N) is 2. The highest BCUT2D eigenvalue weighted by atomic mass is 19.4. The van der Waals surface area contributed by atoms with Crippen LogP contribution in [0.3, 0.4) is 0 Å². The average Bonchev–Trinajstić information content (AvgIpc) is 2.76. The molecule has 3 rings (SSSR count). The van der Waals surface area contributed by atoms with Gasteiger partial charge >= 0.3 is 12.2 Å². The number of amides is 2. The Labute approximate surface area is 181 Å². The van der Waals surface area contributed by atoms with Crippen molar-refractivity contribution >= 4 is 22.5 Å². The molecule has 0 spiro atoms. The van der Waals surface area contributed by atoms with Gasteiger partial charge < -0.3 is 24.7 Å². The van der Waals surface area contributed by atoms with Crippen LogP contribution >= 0.6 is 0 Å². The van der Waals surface area contributed by atoms with Crippen LogP contribution in [0.5, 0.6) is 0 Å². The van der Waals surface area contributed by atoms with Crippen LogP contribution in [-0.2, 0) is 15.7 Å². The van der Waals surface area contributed by atoms with Crippen LogP contribution in [0.4, 0.5) is 23.7 Å². The molecule has 0 saturated heterocycles. The number of alkyl halides is 3. The number of anilines is 1. The number of urea groups is 1. The summed E-state index contributed by atoms with van der Waals surface area (Å²) in [6.45, 7) is 0.176. The van der Waals surface area contributed by atoms with Gasteiger partial charge in [-0.3, -0.25) is 4.79 Å². The second-order valence-electron chi connectivity index (χ2n) is 7.07. The summed E-state index contributed by atoms with van der Waals surface area (Å²) in [5, 5.41) is 3.33. The number of carbonyl (C=O) groups excluding carboxylic acids is 1. The number of methoxy groups -OCH3 is 2. The number of hydrogen-bond acceptors (Lipinski definition) is 4. The fourth-order valence-electron chi connectivity index (χ4n) is 3.22. The minimum absolute atomic E-state index is 0.0529. The zero-order valence-corrected chi connectivity index (χ0v) is 17.6. The number of nitrogens with zero attached hydrogens (tertiary/aromatic N) is 1. The predicted molar refractivity (Wildman–Crippen MR) is 114 cm³/mol. The Bertz CT molecular complexity index is 1170. The molecule has 0 saturated carbocycles. The van der Waals surface area contributed by atoms with Crippen LogP contribution in [0.25, 0.3) is 22.0 Å². The number of aromatic nitrogens is 1. The summed E-state index contributed by atoms with van der Waals surface area (Å²) in [4.78, 5) is 28.9. The lowest BCUT2D eigenvalue weighted by Crippen LogP contribution is -2.38. The number of aromatic amines is 1. The summed E-state index contributed by atoms with van der Waals surface area (Å²) in [5.41, 5.74) is -1.12. The topological polar surface area (TPSA) is 83.7 Å². The smallest absolute Gasteiger partial charge is 0.354 e. The van der Waals surface area contributed by atoms with E-state index in [2.05, 4.69) is 10.3 Å². The Morgan fingerprint density at radius 3 is 2.47 bits per heavy atom. The van der Waals surface area contributed by atoms with E-state index in [0.29, 0.717) is 11.1 Å². The molecule has 0 atom stereocenters. The maximum atomic E-state index is 13.4. The molecule has 0 fully saturated rings. The van der Waals surface area contributed by atoms with Gasteiger partial charge in [0.25, 0.3) is 5.56 Å². The number of halogens is 3. The average molecular weight is 449 g/mol. The fraction of sp³-hybridized carbons (Fsp3) is 0.273. The van der Waals surface area contributed by atoms with Crippen molar-refractivity contribution < 1.29 is 27.4 Å². The number of benzene rings is 2. The summed E-state index contributed by atoms with van der Waals surface area (Å²) in [7, 11) is 4.46. The highest BCUT2D eigenvalue weighted by Crippen LogP contribution is 2.36. The van der Waals surface area contributed by atoms with E-state index < -0.39 is 29.6 Å². The third-order valence-corrected chi connectivity index (χ3v) is 4.92. The van der Waals surface area contributed by atoms with Crippen molar-refractivity contribution in [3.8, 4) is 11.3 Å². The summed E-state index contributed by atoms with van der Waals surface area (Å²) in [6.07, 6.45) is -5.16. The Hall–Kier alpha value is -3.37. The number of rotatable bonds is 6. The molecular formula is C22H22F3N3O4. The number of ether oxygens (including phenoxy) is 2. The van der Waals surface area contributed by atoms with Crippen LogP contribution in [0.15, 0.2) is 53.3 Å².